The number of ether oxygens (including phenoxy) is 1. The Balaban J connectivity index is 0.000000181. The maximum absolute atomic E-state index is 10.8. The van der Waals surface area contributed by atoms with E-state index in [2.05, 4.69) is 9.72 Å². The summed E-state index contributed by atoms with van der Waals surface area (Å²) in [5, 5.41) is 0. The molecule has 0 saturated heterocycles. The molecular weight excluding hydrogens is 202 g/mol. The van der Waals surface area contributed by atoms with Gasteiger partial charge in [-0.05, 0) is 24.3 Å². The van der Waals surface area contributed by atoms with Crippen LogP contribution < -0.4 is 0 Å². The van der Waals surface area contributed by atoms with E-state index in [0.717, 1.165) is 0 Å². The van der Waals surface area contributed by atoms with E-state index in [0.29, 0.717) is 5.56 Å². The fraction of sp³-hybridized carbons (Fsp3) is 0.0769. The number of methoxy groups -OCH3 is 1. The predicted molar refractivity (Wildman–Crippen MR) is 62.0 cm³/mol. The van der Waals surface area contributed by atoms with Crippen molar-refractivity contribution in [2.45, 2.75) is 0 Å². The highest BCUT2D eigenvalue weighted by molar-refractivity contribution is 5.89. The van der Waals surface area contributed by atoms with Crippen molar-refractivity contribution in [1.82, 2.24) is 4.98 Å². The molecule has 3 nitrogen and oxygen atoms in total. The maximum Gasteiger partial charge on any atom is 0.337 e. The summed E-state index contributed by atoms with van der Waals surface area (Å²) < 4.78 is 4.50. The third-order valence-electron chi connectivity index (χ3n) is 1.76. The van der Waals surface area contributed by atoms with E-state index < -0.39 is 0 Å². The van der Waals surface area contributed by atoms with Gasteiger partial charge in [-0.2, -0.15) is 0 Å². The van der Waals surface area contributed by atoms with Gasteiger partial charge in [0.15, 0.2) is 0 Å². The number of rotatable bonds is 1. The zero-order chi connectivity index (χ0) is 11.6. The average Bonchev–Trinajstić information content (AvgIpc) is 2.41. The molecule has 1 aromatic heterocycles. The zero-order valence-corrected chi connectivity index (χ0v) is 9.04. The van der Waals surface area contributed by atoms with Gasteiger partial charge in [-0.25, -0.2) is 4.79 Å². The first-order valence-corrected chi connectivity index (χ1v) is 4.83. The summed E-state index contributed by atoms with van der Waals surface area (Å²) in [6.07, 6.45) is 3.50. The summed E-state index contributed by atoms with van der Waals surface area (Å²) in [5.41, 5.74) is 0.588. The van der Waals surface area contributed by atoms with Crippen LogP contribution in [-0.2, 0) is 4.74 Å². The molecule has 82 valence electrons. The second-order valence-corrected chi connectivity index (χ2v) is 2.88. The van der Waals surface area contributed by atoms with E-state index >= 15 is 0 Å². The quantitative estimate of drug-likeness (QED) is 0.686. The van der Waals surface area contributed by atoms with Crippen molar-refractivity contribution in [2.24, 2.45) is 0 Å². The van der Waals surface area contributed by atoms with E-state index in [4.69, 9.17) is 0 Å². The number of benzene rings is 1. The highest BCUT2D eigenvalue weighted by Gasteiger charge is 2.00. The van der Waals surface area contributed by atoms with Crippen LogP contribution >= 0.6 is 0 Å². The molecule has 0 radical (unpaired) electrons. The van der Waals surface area contributed by atoms with Crippen LogP contribution in [0, 0.1) is 0 Å². The molecular formula is C13H13NO2. The molecule has 1 heterocycles. The summed E-state index contributed by atoms with van der Waals surface area (Å²) in [6.45, 7) is 0. The van der Waals surface area contributed by atoms with Gasteiger partial charge in [0.2, 0.25) is 0 Å². The molecule has 0 atom stereocenters. The molecule has 3 heteroatoms. The number of carbonyl (C=O) groups is 1. The van der Waals surface area contributed by atoms with Crippen LogP contribution in [0.25, 0.3) is 0 Å². The number of hydrogen-bond acceptors (Lipinski definition) is 3. The first-order chi connectivity index (χ1) is 7.84. The van der Waals surface area contributed by atoms with Crippen LogP contribution in [0.5, 0.6) is 0 Å². The first-order valence-electron chi connectivity index (χ1n) is 4.83. The lowest BCUT2D eigenvalue weighted by molar-refractivity contribution is 0.0601. The average molecular weight is 215 g/mol. The Morgan fingerprint density at radius 3 is 1.94 bits per heavy atom. The Morgan fingerprint density at radius 1 is 1.00 bits per heavy atom. The Hall–Kier alpha value is -2.16. The highest BCUT2D eigenvalue weighted by atomic mass is 16.5. The molecule has 0 saturated carbocycles. The van der Waals surface area contributed by atoms with Crippen molar-refractivity contribution in [2.75, 3.05) is 7.11 Å². The number of nitrogens with zero attached hydrogens (tertiary/aromatic N) is 1. The van der Waals surface area contributed by atoms with Gasteiger partial charge < -0.3 is 4.74 Å². The summed E-state index contributed by atoms with van der Waals surface area (Å²) in [5.74, 6) is -0.291. The molecule has 0 aliphatic carbocycles. The lowest BCUT2D eigenvalue weighted by atomic mass is 10.2. The van der Waals surface area contributed by atoms with Crippen LogP contribution in [0.4, 0.5) is 0 Å². The summed E-state index contributed by atoms with van der Waals surface area (Å²) >= 11 is 0. The molecule has 0 bridgehead atoms. The monoisotopic (exact) mass is 215 g/mol. The van der Waals surface area contributed by atoms with Gasteiger partial charge in [-0.1, -0.05) is 24.3 Å². The topological polar surface area (TPSA) is 39.2 Å². The third kappa shape index (κ3) is 4.37. The van der Waals surface area contributed by atoms with Gasteiger partial charge in [0, 0.05) is 12.4 Å². The minimum Gasteiger partial charge on any atom is -0.465 e. The summed E-state index contributed by atoms with van der Waals surface area (Å²) in [7, 11) is 1.37. The van der Waals surface area contributed by atoms with E-state index in [1.165, 1.54) is 7.11 Å². The smallest absolute Gasteiger partial charge is 0.337 e. The van der Waals surface area contributed by atoms with E-state index in [-0.39, 0.29) is 5.97 Å². The molecule has 2 rings (SSSR count). The van der Waals surface area contributed by atoms with Crippen molar-refractivity contribution < 1.29 is 9.53 Å². The fourth-order valence-electron chi connectivity index (χ4n) is 1.00. The minimum atomic E-state index is -0.291. The highest BCUT2D eigenvalue weighted by Crippen LogP contribution is 1.98. The number of pyridine rings is 1. The molecule has 0 aliphatic rings. The Kier molecular flexibility index (Phi) is 5.34. The Bertz CT molecular complexity index is 374. The number of esters is 1. The zero-order valence-electron chi connectivity index (χ0n) is 9.04. The van der Waals surface area contributed by atoms with E-state index in [1.807, 2.05) is 24.3 Å². The Morgan fingerprint density at radius 2 is 1.56 bits per heavy atom. The van der Waals surface area contributed by atoms with E-state index in [1.54, 1.807) is 36.7 Å². The molecule has 0 spiro atoms. The van der Waals surface area contributed by atoms with Gasteiger partial charge in [-0.3, -0.25) is 4.98 Å². The van der Waals surface area contributed by atoms with Crippen LogP contribution in [0.15, 0.2) is 60.9 Å². The SMILES string of the molecule is COC(=O)c1ccccc1.c1ccncc1. The Labute approximate surface area is 94.7 Å². The second-order valence-electron chi connectivity index (χ2n) is 2.88. The van der Waals surface area contributed by atoms with Gasteiger partial charge in [0.05, 0.1) is 12.7 Å². The fourth-order valence-corrected chi connectivity index (χ4v) is 1.00. The predicted octanol–water partition coefficient (Wildman–Crippen LogP) is 2.55. The second kappa shape index (κ2) is 7.17. The number of hydrogen-bond donors (Lipinski definition) is 0. The minimum absolute atomic E-state index is 0.291. The molecule has 0 aliphatic heterocycles. The lowest BCUT2D eigenvalue weighted by Gasteiger charge is -1.95. The molecule has 1 aromatic carbocycles. The van der Waals surface area contributed by atoms with Crippen LogP contribution in [0.1, 0.15) is 10.4 Å². The van der Waals surface area contributed by atoms with E-state index in [9.17, 15) is 4.79 Å². The third-order valence-corrected chi connectivity index (χ3v) is 1.76. The molecule has 0 amide bonds. The summed E-state index contributed by atoms with van der Waals surface area (Å²) in [4.78, 5) is 14.6. The van der Waals surface area contributed by atoms with Crippen LogP contribution in [0.2, 0.25) is 0 Å². The van der Waals surface area contributed by atoms with Gasteiger partial charge in [-0.15, -0.1) is 0 Å². The van der Waals surface area contributed by atoms with Crippen molar-refractivity contribution in [3.8, 4) is 0 Å². The molecule has 0 N–H and O–H groups in total. The van der Waals surface area contributed by atoms with Crippen molar-refractivity contribution in [3.63, 3.8) is 0 Å². The number of carbonyl (C=O) groups excluding carboxylic acids is 1. The van der Waals surface area contributed by atoms with Crippen LogP contribution in [-0.4, -0.2) is 18.1 Å². The number of aromatic nitrogens is 1. The van der Waals surface area contributed by atoms with Crippen LogP contribution in [0.3, 0.4) is 0 Å². The van der Waals surface area contributed by atoms with Crippen molar-refractivity contribution >= 4 is 5.97 Å². The molecule has 2 aromatic rings. The maximum atomic E-state index is 10.8. The largest absolute Gasteiger partial charge is 0.465 e. The molecule has 16 heavy (non-hydrogen) atoms. The van der Waals surface area contributed by atoms with Gasteiger partial charge >= 0.3 is 5.97 Å². The van der Waals surface area contributed by atoms with Gasteiger partial charge in [0.1, 0.15) is 0 Å². The standard InChI is InChI=1S/C8H8O2.C5H5N/c1-10-8(9)7-5-3-2-4-6-7;1-2-4-6-5-3-1/h2-6H,1H3;1-5H. The van der Waals surface area contributed by atoms with Crippen molar-refractivity contribution in [3.05, 3.63) is 66.5 Å². The summed E-state index contributed by atoms with van der Waals surface area (Å²) in [6, 6.07) is 14.6. The van der Waals surface area contributed by atoms with Gasteiger partial charge in [0.25, 0.3) is 0 Å². The first kappa shape index (κ1) is 11.9. The molecule has 0 unspecified atom stereocenters. The van der Waals surface area contributed by atoms with Crippen molar-refractivity contribution in [1.29, 1.82) is 0 Å². The lowest BCUT2D eigenvalue weighted by Crippen LogP contribution is -1.99. The normalized spacial score (nSPS) is 8.56. The molecule has 0 fully saturated rings.